The molecule has 1 N–H and O–H groups in total. The van der Waals surface area contributed by atoms with Crippen LogP contribution in [-0.4, -0.2) is 43.8 Å². The lowest BCUT2D eigenvalue weighted by molar-refractivity contribution is -0.0361. The van der Waals surface area contributed by atoms with E-state index >= 15 is 0 Å². The van der Waals surface area contributed by atoms with Crippen LogP contribution in [0, 0.1) is 0 Å². The van der Waals surface area contributed by atoms with Gasteiger partial charge in [-0.1, -0.05) is 23.7 Å². The summed E-state index contributed by atoms with van der Waals surface area (Å²) in [6.07, 6.45) is 3.57. The Morgan fingerprint density at radius 2 is 1.88 bits per heavy atom. The fourth-order valence-electron chi connectivity index (χ4n) is 4.28. The number of benzene rings is 1. The number of nitrogens with zero attached hydrogens (tertiary/aromatic N) is 5. The third-order valence-corrected chi connectivity index (χ3v) is 6.30. The Morgan fingerprint density at radius 3 is 2.59 bits per heavy atom. The fraction of sp³-hybridized carbons (Fsp3) is 0.333. The summed E-state index contributed by atoms with van der Waals surface area (Å²) in [5.74, 6) is -1.22. The Kier molecular flexibility index (Phi) is 6.03. The Hall–Kier alpha value is -3.33. The lowest BCUT2D eigenvalue weighted by Crippen LogP contribution is -2.32. The summed E-state index contributed by atoms with van der Waals surface area (Å²) in [7, 11) is 1.63. The molecule has 0 radical (unpaired) electrons. The molecule has 0 atom stereocenters. The maximum Gasteiger partial charge on any atom is 0.248 e. The molecule has 0 spiro atoms. The van der Waals surface area contributed by atoms with Gasteiger partial charge in [0.2, 0.25) is 5.92 Å². The van der Waals surface area contributed by atoms with Crippen LogP contribution >= 0.6 is 11.6 Å². The minimum atomic E-state index is -2.59. The first-order valence-corrected chi connectivity index (χ1v) is 11.4. The number of nitrogens with one attached hydrogen (secondary N) is 1. The smallest absolute Gasteiger partial charge is 0.248 e. The van der Waals surface area contributed by atoms with Crippen molar-refractivity contribution >= 4 is 28.3 Å². The van der Waals surface area contributed by atoms with Crippen LogP contribution in [0.2, 0.25) is 5.15 Å². The highest BCUT2D eigenvalue weighted by Crippen LogP contribution is 2.37. The van der Waals surface area contributed by atoms with E-state index in [9.17, 15) is 8.78 Å². The van der Waals surface area contributed by atoms with Crippen LogP contribution in [0.1, 0.15) is 31.2 Å². The van der Waals surface area contributed by atoms with Crippen molar-refractivity contribution < 1.29 is 13.5 Å². The third-order valence-electron chi connectivity index (χ3n) is 6.09. The summed E-state index contributed by atoms with van der Waals surface area (Å²) in [4.78, 5) is 12.9. The van der Waals surface area contributed by atoms with Crippen molar-refractivity contribution in [3.05, 3.63) is 59.6 Å². The fourth-order valence-corrected chi connectivity index (χ4v) is 4.43. The summed E-state index contributed by atoms with van der Waals surface area (Å²) < 4.78 is 34.4. The third kappa shape index (κ3) is 4.65. The highest BCUT2D eigenvalue weighted by Gasteiger charge is 2.35. The quantitative estimate of drug-likeness (QED) is 0.359. The largest absolute Gasteiger partial charge is 0.497 e. The summed E-state index contributed by atoms with van der Waals surface area (Å²) >= 11 is 6.13. The molecular weight excluding hydrogens is 462 g/mol. The first-order chi connectivity index (χ1) is 16.4. The van der Waals surface area contributed by atoms with E-state index in [1.165, 1.54) is 6.33 Å². The zero-order valence-corrected chi connectivity index (χ0v) is 19.3. The number of hydrogen-bond donors (Lipinski definition) is 1. The predicted molar refractivity (Wildman–Crippen MR) is 126 cm³/mol. The second-order valence-electron chi connectivity index (χ2n) is 8.41. The van der Waals surface area contributed by atoms with E-state index in [4.69, 9.17) is 21.4 Å². The SMILES string of the molecule is COc1ccc(Cn2nc(-c3cc(Cl)ncn3)c3c(NC4CCC(F)(F)CC4)nccc32)cc1. The molecule has 0 saturated heterocycles. The minimum Gasteiger partial charge on any atom is -0.497 e. The number of anilines is 1. The second-order valence-corrected chi connectivity index (χ2v) is 8.80. The number of hydrogen-bond acceptors (Lipinski definition) is 6. The van der Waals surface area contributed by atoms with Gasteiger partial charge in [-0.3, -0.25) is 4.68 Å². The molecule has 0 bridgehead atoms. The van der Waals surface area contributed by atoms with Gasteiger partial charge in [0.25, 0.3) is 0 Å². The first kappa shape index (κ1) is 22.5. The molecule has 0 amide bonds. The van der Waals surface area contributed by atoms with E-state index in [1.807, 2.05) is 35.0 Å². The molecule has 1 aliphatic rings. The van der Waals surface area contributed by atoms with Crippen molar-refractivity contribution in [3.63, 3.8) is 0 Å². The number of methoxy groups -OCH3 is 1. The van der Waals surface area contributed by atoms with Gasteiger partial charge in [0, 0.05) is 31.1 Å². The van der Waals surface area contributed by atoms with Crippen molar-refractivity contribution in [2.24, 2.45) is 0 Å². The van der Waals surface area contributed by atoms with Gasteiger partial charge in [0.1, 0.15) is 28.7 Å². The van der Waals surface area contributed by atoms with Crippen molar-refractivity contribution in [1.29, 1.82) is 0 Å². The van der Waals surface area contributed by atoms with Gasteiger partial charge in [0.05, 0.1) is 30.3 Å². The van der Waals surface area contributed by atoms with Gasteiger partial charge >= 0.3 is 0 Å². The topological polar surface area (TPSA) is 77.8 Å². The molecule has 3 aromatic heterocycles. The average molecular weight is 485 g/mol. The van der Waals surface area contributed by atoms with Crippen LogP contribution in [0.3, 0.4) is 0 Å². The second kappa shape index (κ2) is 9.13. The normalized spacial score (nSPS) is 16.0. The summed E-state index contributed by atoms with van der Waals surface area (Å²) in [6, 6.07) is 11.2. The lowest BCUT2D eigenvalue weighted by atomic mass is 9.92. The summed E-state index contributed by atoms with van der Waals surface area (Å²) in [5.41, 5.74) is 3.05. The van der Waals surface area contributed by atoms with Crippen molar-refractivity contribution in [2.45, 2.75) is 44.2 Å². The Bertz CT molecular complexity index is 1300. The van der Waals surface area contributed by atoms with Gasteiger partial charge in [-0.15, -0.1) is 0 Å². The Morgan fingerprint density at radius 1 is 1.12 bits per heavy atom. The van der Waals surface area contributed by atoms with Crippen LogP contribution < -0.4 is 10.1 Å². The van der Waals surface area contributed by atoms with Crippen molar-refractivity contribution in [2.75, 3.05) is 12.4 Å². The van der Waals surface area contributed by atoms with E-state index in [0.717, 1.165) is 22.2 Å². The van der Waals surface area contributed by atoms with Crippen LogP contribution in [0.4, 0.5) is 14.6 Å². The summed E-state index contributed by atoms with van der Waals surface area (Å²) in [5, 5.41) is 9.31. The molecule has 5 rings (SSSR count). The number of aromatic nitrogens is 5. The predicted octanol–water partition coefficient (Wildman–Crippen LogP) is 5.59. The van der Waals surface area contributed by atoms with Gasteiger partial charge in [-0.25, -0.2) is 23.7 Å². The van der Waals surface area contributed by atoms with Crippen LogP contribution in [0.5, 0.6) is 5.75 Å². The van der Waals surface area contributed by atoms with Crippen molar-refractivity contribution in [1.82, 2.24) is 24.7 Å². The molecule has 10 heteroatoms. The molecule has 3 heterocycles. The Labute approximate surface area is 200 Å². The lowest BCUT2D eigenvalue weighted by Gasteiger charge is -2.29. The highest BCUT2D eigenvalue weighted by molar-refractivity contribution is 6.29. The molecule has 1 aromatic carbocycles. The summed E-state index contributed by atoms with van der Waals surface area (Å²) in [6.45, 7) is 0.512. The Balaban J connectivity index is 1.56. The van der Waals surface area contributed by atoms with E-state index in [0.29, 0.717) is 41.7 Å². The van der Waals surface area contributed by atoms with Gasteiger partial charge < -0.3 is 10.1 Å². The van der Waals surface area contributed by atoms with E-state index in [2.05, 4.69) is 20.3 Å². The standard InChI is InChI=1S/C24H23ClF2N6O/c1-34-17-4-2-15(3-5-17)13-33-19-8-11-28-23(31-16-6-9-24(26,27)10-7-16)21(19)22(32-33)18-12-20(25)30-14-29-18/h2-5,8,11-12,14,16H,6-7,9-10,13H2,1H3,(H,28,31). The van der Waals surface area contributed by atoms with Gasteiger partial charge in [0.15, 0.2) is 0 Å². The number of pyridine rings is 1. The highest BCUT2D eigenvalue weighted by atomic mass is 35.5. The van der Waals surface area contributed by atoms with Crippen LogP contribution in [-0.2, 0) is 6.54 Å². The molecule has 0 unspecified atom stereocenters. The average Bonchev–Trinajstić information content (AvgIpc) is 3.20. The van der Waals surface area contributed by atoms with Crippen molar-refractivity contribution in [3.8, 4) is 17.1 Å². The van der Waals surface area contributed by atoms with Crippen LogP contribution in [0.15, 0.2) is 48.9 Å². The van der Waals surface area contributed by atoms with Gasteiger partial charge in [-0.2, -0.15) is 5.10 Å². The number of alkyl halides is 2. The molecule has 7 nitrogen and oxygen atoms in total. The number of rotatable bonds is 6. The van der Waals surface area contributed by atoms with E-state index in [1.54, 1.807) is 19.4 Å². The number of fused-ring (bicyclic) bond motifs is 1. The maximum absolute atomic E-state index is 13.7. The zero-order chi connectivity index (χ0) is 23.7. The molecule has 1 aliphatic carbocycles. The van der Waals surface area contributed by atoms with Gasteiger partial charge in [-0.05, 0) is 36.6 Å². The van der Waals surface area contributed by atoms with E-state index < -0.39 is 5.92 Å². The zero-order valence-electron chi connectivity index (χ0n) is 18.5. The molecule has 176 valence electrons. The minimum absolute atomic E-state index is 0.0931. The maximum atomic E-state index is 13.7. The monoisotopic (exact) mass is 484 g/mol. The number of ether oxygens (including phenoxy) is 1. The molecule has 34 heavy (non-hydrogen) atoms. The van der Waals surface area contributed by atoms with E-state index in [-0.39, 0.29) is 18.9 Å². The molecule has 0 aliphatic heterocycles. The molecule has 1 fully saturated rings. The molecular formula is C24H23ClF2N6O. The first-order valence-electron chi connectivity index (χ1n) is 11.0. The number of halogens is 3. The van der Waals surface area contributed by atoms with Crippen LogP contribution in [0.25, 0.3) is 22.3 Å². The molecule has 4 aromatic rings. The molecule has 1 saturated carbocycles.